The lowest BCUT2D eigenvalue weighted by Gasteiger charge is -2.45. The van der Waals surface area contributed by atoms with E-state index >= 15 is 0 Å². The van der Waals surface area contributed by atoms with Gasteiger partial charge in [0.15, 0.2) is 0 Å². The molecular formula is C31H36FNO4. The van der Waals surface area contributed by atoms with Gasteiger partial charge in [0.05, 0.1) is 18.2 Å². The van der Waals surface area contributed by atoms with Crippen LogP contribution in [0.2, 0.25) is 0 Å². The number of esters is 1. The number of carbonyl (C=O) groups is 2. The highest BCUT2D eigenvalue weighted by molar-refractivity contribution is 5.75. The van der Waals surface area contributed by atoms with E-state index in [-0.39, 0.29) is 29.7 Å². The molecule has 196 valence electrons. The second kappa shape index (κ2) is 13.7. The van der Waals surface area contributed by atoms with E-state index in [9.17, 15) is 14.0 Å². The van der Waals surface area contributed by atoms with Crippen LogP contribution in [0.1, 0.15) is 51.6 Å². The van der Waals surface area contributed by atoms with Gasteiger partial charge in [0, 0.05) is 17.7 Å². The summed E-state index contributed by atoms with van der Waals surface area (Å²) in [6.07, 6.45) is 20.2. The summed E-state index contributed by atoms with van der Waals surface area (Å²) in [5.41, 5.74) is 2.62. The van der Waals surface area contributed by atoms with Crippen LogP contribution in [0.5, 0.6) is 0 Å². The standard InChI is InChI=1S/C26H28FNO2.C3H6O2.C2H2/c1-16-25-23(22-8-3-2-5-18(22)14-24(25)26(29)30-16)12-11-21-10-9-19(15-28-21)17-6-4-7-20(27)13-17;1-2-5-3-4;1-2/h4,6-7,9-13,15-16,18,22-25H,2-3,5,8,14H2,1H3;3H,2H2,1H3;1-2H/b12-11+;;/t16-,18?,22?,23?,24?,25?;;/m0../s1. The largest absolute Gasteiger partial charge is 0.468 e. The Bertz CT molecular complexity index is 1080. The quantitative estimate of drug-likeness (QED) is 0.270. The molecule has 0 bridgehead atoms. The normalized spacial score (nSPS) is 27.9. The molecule has 1 aromatic heterocycles. The van der Waals surface area contributed by atoms with Gasteiger partial charge in [0.25, 0.3) is 6.47 Å². The number of hydrogen-bond acceptors (Lipinski definition) is 5. The van der Waals surface area contributed by atoms with Crippen molar-refractivity contribution in [2.24, 2.45) is 29.6 Å². The van der Waals surface area contributed by atoms with Gasteiger partial charge in [0.2, 0.25) is 0 Å². The minimum Gasteiger partial charge on any atom is -0.468 e. The molecule has 5 unspecified atom stereocenters. The van der Waals surface area contributed by atoms with Crippen LogP contribution in [0.15, 0.2) is 48.7 Å². The summed E-state index contributed by atoms with van der Waals surface area (Å²) in [5, 5.41) is 0. The van der Waals surface area contributed by atoms with E-state index in [2.05, 4.69) is 41.6 Å². The number of ether oxygens (including phenoxy) is 2. The van der Waals surface area contributed by atoms with Gasteiger partial charge in [-0.15, -0.1) is 12.8 Å². The summed E-state index contributed by atoms with van der Waals surface area (Å²) in [6.45, 7) is 4.72. The van der Waals surface area contributed by atoms with E-state index in [1.807, 2.05) is 18.2 Å². The van der Waals surface area contributed by atoms with Gasteiger partial charge in [-0.1, -0.05) is 43.5 Å². The SMILES string of the molecule is C#C.CCOC=O.C[C@@H]1OC(=O)C2CC3CCCCC3C(/C=C/c3ccc(-c4cccc(F)c4)cn3)C21. The van der Waals surface area contributed by atoms with Crippen LogP contribution in [0.3, 0.4) is 0 Å². The van der Waals surface area contributed by atoms with Gasteiger partial charge in [-0.25, -0.2) is 4.39 Å². The second-order valence-electron chi connectivity index (χ2n) is 9.74. The molecule has 2 heterocycles. The van der Waals surface area contributed by atoms with Crippen molar-refractivity contribution in [1.82, 2.24) is 4.98 Å². The number of terminal acetylenes is 1. The molecule has 6 atom stereocenters. The van der Waals surface area contributed by atoms with E-state index in [4.69, 9.17) is 4.74 Å². The Labute approximate surface area is 219 Å². The monoisotopic (exact) mass is 505 g/mol. The lowest BCUT2D eigenvalue weighted by molar-refractivity contribution is -0.144. The summed E-state index contributed by atoms with van der Waals surface area (Å²) in [6, 6.07) is 10.5. The molecule has 0 radical (unpaired) electrons. The van der Waals surface area contributed by atoms with Crippen LogP contribution in [-0.2, 0) is 19.1 Å². The van der Waals surface area contributed by atoms with Crippen LogP contribution in [0.25, 0.3) is 17.2 Å². The topological polar surface area (TPSA) is 65.5 Å². The lowest BCUT2D eigenvalue weighted by Crippen LogP contribution is -2.42. The molecule has 1 aromatic carbocycles. The number of pyridine rings is 1. The molecule has 3 aliphatic rings. The number of benzene rings is 1. The number of fused-ring (bicyclic) bond motifs is 2. The third kappa shape index (κ3) is 6.85. The van der Waals surface area contributed by atoms with Gasteiger partial charge in [-0.2, -0.15) is 0 Å². The van der Waals surface area contributed by atoms with Crippen molar-refractivity contribution in [3.8, 4) is 24.0 Å². The van der Waals surface area contributed by atoms with Gasteiger partial charge in [-0.3, -0.25) is 14.6 Å². The molecule has 3 fully saturated rings. The van der Waals surface area contributed by atoms with E-state index in [0.29, 0.717) is 30.8 Å². The molecule has 37 heavy (non-hydrogen) atoms. The summed E-state index contributed by atoms with van der Waals surface area (Å²) in [7, 11) is 0. The predicted molar refractivity (Wildman–Crippen MR) is 142 cm³/mol. The van der Waals surface area contributed by atoms with Crippen LogP contribution >= 0.6 is 0 Å². The first kappa shape index (κ1) is 28.1. The number of cyclic esters (lactones) is 1. The Balaban J connectivity index is 0.000000489. The Hall–Kier alpha value is -3.46. The van der Waals surface area contributed by atoms with Crippen molar-refractivity contribution in [2.45, 2.75) is 52.1 Å². The minimum absolute atomic E-state index is 0.00694. The van der Waals surface area contributed by atoms with Gasteiger partial charge in [-0.05, 0) is 74.3 Å². The number of nitrogens with zero attached hydrogens (tertiary/aromatic N) is 1. The van der Waals surface area contributed by atoms with E-state index in [1.165, 1.54) is 37.8 Å². The zero-order valence-corrected chi connectivity index (χ0v) is 21.6. The molecule has 0 N–H and O–H groups in total. The van der Waals surface area contributed by atoms with Crippen molar-refractivity contribution in [3.63, 3.8) is 0 Å². The van der Waals surface area contributed by atoms with Crippen molar-refractivity contribution in [2.75, 3.05) is 6.61 Å². The Morgan fingerprint density at radius 3 is 2.59 bits per heavy atom. The highest BCUT2D eigenvalue weighted by Gasteiger charge is 2.53. The molecular weight excluding hydrogens is 469 g/mol. The fraction of sp³-hybridized carbons (Fsp3) is 0.452. The number of carbonyl (C=O) groups excluding carboxylic acids is 2. The second-order valence-corrected chi connectivity index (χ2v) is 9.74. The predicted octanol–water partition coefficient (Wildman–Crippen LogP) is 6.33. The average Bonchev–Trinajstić information content (AvgIpc) is 3.21. The molecule has 2 aromatic rings. The maximum atomic E-state index is 13.5. The Morgan fingerprint density at radius 2 is 1.95 bits per heavy atom. The van der Waals surface area contributed by atoms with Gasteiger partial charge in [0.1, 0.15) is 11.9 Å². The minimum atomic E-state index is -0.243. The molecule has 0 amide bonds. The summed E-state index contributed by atoms with van der Waals surface area (Å²) in [4.78, 5) is 26.2. The number of rotatable bonds is 5. The molecule has 2 saturated carbocycles. The molecule has 1 aliphatic heterocycles. The Morgan fingerprint density at radius 1 is 1.16 bits per heavy atom. The van der Waals surface area contributed by atoms with Crippen molar-refractivity contribution in [1.29, 1.82) is 0 Å². The lowest BCUT2D eigenvalue weighted by atomic mass is 9.57. The zero-order chi connectivity index (χ0) is 26.8. The van der Waals surface area contributed by atoms with Crippen LogP contribution in [0.4, 0.5) is 4.39 Å². The van der Waals surface area contributed by atoms with E-state index in [1.54, 1.807) is 19.2 Å². The fourth-order valence-corrected chi connectivity index (χ4v) is 6.21. The molecule has 6 heteroatoms. The first-order chi connectivity index (χ1) is 18.0. The van der Waals surface area contributed by atoms with Gasteiger partial charge >= 0.3 is 5.97 Å². The smallest absolute Gasteiger partial charge is 0.309 e. The molecule has 2 aliphatic carbocycles. The molecule has 5 nitrogen and oxygen atoms in total. The first-order valence-corrected chi connectivity index (χ1v) is 13.0. The molecule has 5 rings (SSSR count). The number of hydrogen-bond donors (Lipinski definition) is 0. The highest BCUT2D eigenvalue weighted by Crippen LogP contribution is 2.53. The third-order valence-electron chi connectivity index (χ3n) is 7.74. The average molecular weight is 506 g/mol. The molecule has 0 spiro atoms. The molecule has 1 saturated heterocycles. The summed E-state index contributed by atoms with van der Waals surface area (Å²) in [5.74, 6) is 1.73. The summed E-state index contributed by atoms with van der Waals surface area (Å²) < 4.78 is 23.3. The number of halogens is 1. The van der Waals surface area contributed by atoms with Crippen molar-refractivity contribution in [3.05, 3.63) is 60.2 Å². The van der Waals surface area contributed by atoms with Crippen LogP contribution in [-0.4, -0.2) is 30.1 Å². The maximum Gasteiger partial charge on any atom is 0.309 e. The van der Waals surface area contributed by atoms with E-state index in [0.717, 1.165) is 23.2 Å². The number of aromatic nitrogens is 1. The fourth-order valence-electron chi connectivity index (χ4n) is 6.21. The maximum absolute atomic E-state index is 13.5. The van der Waals surface area contributed by atoms with Crippen molar-refractivity contribution >= 4 is 18.5 Å². The highest BCUT2D eigenvalue weighted by atomic mass is 19.1. The van der Waals surface area contributed by atoms with Crippen molar-refractivity contribution < 1.29 is 23.5 Å². The first-order valence-electron chi connectivity index (χ1n) is 13.0. The third-order valence-corrected chi connectivity index (χ3v) is 7.74. The Kier molecular flexibility index (Phi) is 10.4. The zero-order valence-electron chi connectivity index (χ0n) is 21.6. The summed E-state index contributed by atoms with van der Waals surface area (Å²) >= 11 is 0. The van der Waals surface area contributed by atoms with Crippen LogP contribution < -0.4 is 0 Å². The number of allylic oxidation sites excluding steroid dienone is 1. The van der Waals surface area contributed by atoms with Gasteiger partial charge < -0.3 is 9.47 Å². The van der Waals surface area contributed by atoms with E-state index < -0.39 is 0 Å². The van der Waals surface area contributed by atoms with Crippen LogP contribution in [0, 0.1) is 48.3 Å².